The Labute approximate surface area is 105 Å². The van der Waals surface area contributed by atoms with Gasteiger partial charge in [0.15, 0.2) is 5.58 Å². The van der Waals surface area contributed by atoms with Crippen LogP contribution in [-0.2, 0) is 0 Å². The first kappa shape index (κ1) is 12.5. The van der Waals surface area contributed by atoms with Crippen molar-refractivity contribution in [1.29, 1.82) is 0 Å². The molecule has 0 aliphatic heterocycles. The standard InChI is InChI=1S/C12H18N4O2/c1-14-4-3-5-16(2)10-7-9-11(6-8(10)13)18-12(17)15-9/h6-7,14H,3-5,13H2,1-2H3,(H,15,17). The second-order valence-electron chi connectivity index (χ2n) is 4.30. The van der Waals surface area contributed by atoms with E-state index >= 15 is 0 Å². The van der Waals surface area contributed by atoms with Crippen LogP contribution in [0.15, 0.2) is 21.3 Å². The summed E-state index contributed by atoms with van der Waals surface area (Å²) in [4.78, 5) is 15.8. The highest BCUT2D eigenvalue weighted by molar-refractivity contribution is 5.85. The number of nitrogens with zero attached hydrogens (tertiary/aromatic N) is 1. The molecule has 0 aliphatic rings. The average molecular weight is 250 g/mol. The lowest BCUT2D eigenvalue weighted by Crippen LogP contribution is -2.23. The first-order chi connectivity index (χ1) is 8.61. The van der Waals surface area contributed by atoms with E-state index in [0.717, 1.165) is 25.2 Å². The minimum atomic E-state index is -0.459. The number of oxazole rings is 1. The molecule has 1 aromatic heterocycles. The summed E-state index contributed by atoms with van der Waals surface area (Å²) < 4.78 is 4.96. The van der Waals surface area contributed by atoms with Crippen LogP contribution < -0.4 is 21.7 Å². The van der Waals surface area contributed by atoms with Gasteiger partial charge in [0.2, 0.25) is 0 Å². The number of nitrogens with one attached hydrogen (secondary N) is 2. The number of hydrogen-bond donors (Lipinski definition) is 3. The third kappa shape index (κ3) is 2.48. The number of fused-ring (bicyclic) bond motifs is 1. The fraction of sp³-hybridized carbons (Fsp3) is 0.417. The van der Waals surface area contributed by atoms with Crippen LogP contribution >= 0.6 is 0 Å². The molecule has 1 aromatic carbocycles. The Morgan fingerprint density at radius 2 is 2.28 bits per heavy atom. The van der Waals surface area contributed by atoms with Gasteiger partial charge in [-0.05, 0) is 26.1 Å². The molecule has 0 radical (unpaired) electrons. The van der Waals surface area contributed by atoms with Crippen LogP contribution in [0.3, 0.4) is 0 Å². The van der Waals surface area contributed by atoms with Crippen LogP contribution in [0.4, 0.5) is 11.4 Å². The van der Waals surface area contributed by atoms with Crippen molar-refractivity contribution < 1.29 is 4.42 Å². The summed E-state index contributed by atoms with van der Waals surface area (Å²) in [5.74, 6) is -0.459. The van der Waals surface area contributed by atoms with Gasteiger partial charge in [0.05, 0.1) is 16.9 Å². The lowest BCUT2D eigenvalue weighted by Gasteiger charge is -2.20. The Morgan fingerprint density at radius 3 is 3.00 bits per heavy atom. The van der Waals surface area contributed by atoms with Crippen molar-refractivity contribution in [2.45, 2.75) is 6.42 Å². The van der Waals surface area contributed by atoms with Crippen molar-refractivity contribution in [3.05, 3.63) is 22.7 Å². The second-order valence-corrected chi connectivity index (χ2v) is 4.30. The molecule has 4 N–H and O–H groups in total. The van der Waals surface area contributed by atoms with Gasteiger partial charge in [-0.15, -0.1) is 0 Å². The molecule has 6 heteroatoms. The van der Waals surface area contributed by atoms with Gasteiger partial charge in [-0.2, -0.15) is 0 Å². The molecule has 2 rings (SSSR count). The average Bonchev–Trinajstić information content (AvgIpc) is 2.67. The molecule has 0 saturated carbocycles. The summed E-state index contributed by atoms with van der Waals surface area (Å²) in [7, 11) is 3.90. The lowest BCUT2D eigenvalue weighted by molar-refractivity contribution is 0.555. The molecule has 98 valence electrons. The van der Waals surface area contributed by atoms with Crippen molar-refractivity contribution in [3.8, 4) is 0 Å². The first-order valence-electron chi connectivity index (χ1n) is 5.90. The zero-order valence-corrected chi connectivity index (χ0v) is 10.6. The second kappa shape index (κ2) is 5.14. The highest BCUT2D eigenvalue weighted by Crippen LogP contribution is 2.27. The maximum absolute atomic E-state index is 11.1. The van der Waals surface area contributed by atoms with Gasteiger partial charge >= 0.3 is 5.76 Å². The summed E-state index contributed by atoms with van der Waals surface area (Å²) in [5, 5.41) is 3.10. The van der Waals surface area contributed by atoms with E-state index in [9.17, 15) is 4.79 Å². The lowest BCUT2D eigenvalue weighted by atomic mass is 10.2. The van der Waals surface area contributed by atoms with E-state index in [1.54, 1.807) is 6.07 Å². The van der Waals surface area contributed by atoms with Crippen LogP contribution in [0.2, 0.25) is 0 Å². The third-order valence-electron chi connectivity index (χ3n) is 2.90. The van der Waals surface area contributed by atoms with E-state index in [0.29, 0.717) is 16.8 Å². The third-order valence-corrected chi connectivity index (χ3v) is 2.90. The molecule has 0 spiro atoms. The summed E-state index contributed by atoms with van der Waals surface area (Å²) in [6.07, 6.45) is 1.02. The number of aromatic nitrogens is 1. The monoisotopic (exact) mass is 250 g/mol. The molecule has 1 heterocycles. The van der Waals surface area contributed by atoms with E-state index in [1.807, 2.05) is 20.2 Å². The summed E-state index contributed by atoms with van der Waals surface area (Å²) >= 11 is 0. The molecule has 18 heavy (non-hydrogen) atoms. The number of anilines is 2. The van der Waals surface area contributed by atoms with Gasteiger partial charge in [0.25, 0.3) is 0 Å². The molecule has 0 unspecified atom stereocenters. The molecule has 2 aromatic rings. The fourth-order valence-corrected chi connectivity index (χ4v) is 1.95. The molecule has 0 fully saturated rings. The highest BCUT2D eigenvalue weighted by atomic mass is 16.4. The maximum Gasteiger partial charge on any atom is 0.417 e. The van der Waals surface area contributed by atoms with E-state index in [2.05, 4.69) is 15.2 Å². The van der Waals surface area contributed by atoms with Gasteiger partial charge < -0.3 is 20.4 Å². The van der Waals surface area contributed by atoms with Crippen molar-refractivity contribution in [3.63, 3.8) is 0 Å². The normalized spacial score (nSPS) is 11.0. The predicted molar refractivity (Wildman–Crippen MR) is 73.1 cm³/mol. The Balaban J connectivity index is 2.26. The molecule has 0 atom stereocenters. The number of nitrogens with two attached hydrogens (primary N) is 1. The zero-order valence-electron chi connectivity index (χ0n) is 10.6. The SMILES string of the molecule is CNCCCN(C)c1cc2[nH]c(=O)oc2cc1N. The summed E-state index contributed by atoms with van der Waals surface area (Å²) in [6.45, 7) is 1.84. The van der Waals surface area contributed by atoms with E-state index in [1.165, 1.54) is 0 Å². The topological polar surface area (TPSA) is 87.3 Å². The van der Waals surface area contributed by atoms with Crippen LogP contribution in [0.1, 0.15) is 6.42 Å². The van der Waals surface area contributed by atoms with Gasteiger partial charge in [0, 0.05) is 19.7 Å². The minimum Gasteiger partial charge on any atom is -0.408 e. The van der Waals surface area contributed by atoms with E-state index < -0.39 is 5.76 Å². The number of H-pyrrole nitrogens is 1. The number of rotatable bonds is 5. The van der Waals surface area contributed by atoms with Gasteiger partial charge in [0.1, 0.15) is 0 Å². The van der Waals surface area contributed by atoms with Gasteiger partial charge in [-0.1, -0.05) is 0 Å². The largest absolute Gasteiger partial charge is 0.417 e. The minimum absolute atomic E-state index is 0.459. The number of nitrogen functional groups attached to an aromatic ring is 1. The quantitative estimate of drug-likeness (QED) is 0.538. The molecular weight excluding hydrogens is 232 g/mol. The first-order valence-corrected chi connectivity index (χ1v) is 5.90. The fourth-order valence-electron chi connectivity index (χ4n) is 1.95. The van der Waals surface area contributed by atoms with Crippen LogP contribution in [-0.4, -0.2) is 32.2 Å². The molecular formula is C12H18N4O2. The zero-order chi connectivity index (χ0) is 13.1. The number of aromatic amines is 1. The van der Waals surface area contributed by atoms with Gasteiger partial charge in [-0.3, -0.25) is 4.98 Å². The van der Waals surface area contributed by atoms with Crippen LogP contribution in [0.25, 0.3) is 11.1 Å². The van der Waals surface area contributed by atoms with Crippen molar-refractivity contribution in [2.24, 2.45) is 0 Å². The highest BCUT2D eigenvalue weighted by Gasteiger charge is 2.10. The Morgan fingerprint density at radius 1 is 1.50 bits per heavy atom. The molecule has 6 nitrogen and oxygen atoms in total. The Bertz CT molecular complexity index is 587. The number of benzene rings is 1. The van der Waals surface area contributed by atoms with Crippen molar-refractivity contribution in [2.75, 3.05) is 37.8 Å². The molecule has 0 saturated heterocycles. The van der Waals surface area contributed by atoms with Crippen LogP contribution in [0.5, 0.6) is 0 Å². The summed E-state index contributed by atoms with van der Waals surface area (Å²) in [6, 6.07) is 3.52. The molecule has 0 aliphatic carbocycles. The predicted octanol–water partition coefficient (Wildman–Crippen LogP) is 0.749. The van der Waals surface area contributed by atoms with Crippen molar-refractivity contribution >= 4 is 22.5 Å². The molecule has 0 amide bonds. The smallest absolute Gasteiger partial charge is 0.408 e. The Kier molecular flexibility index (Phi) is 3.57. The maximum atomic E-state index is 11.1. The van der Waals surface area contributed by atoms with Gasteiger partial charge in [-0.25, -0.2) is 4.79 Å². The van der Waals surface area contributed by atoms with Crippen LogP contribution in [0, 0.1) is 0 Å². The van der Waals surface area contributed by atoms with Crippen molar-refractivity contribution in [1.82, 2.24) is 10.3 Å². The van der Waals surface area contributed by atoms with E-state index in [4.69, 9.17) is 10.2 Å². The number of hydrogen-bond acceptors (Lipinski definition) is 5. The van der Waals surface area contributed by atoms with E-state index in [-0.39, 0.29) is 0 Å². The summed E-state index contributed by atoms with van der Waals surface area (Å²) in [5.41, 5.74) is 8.64. The Hall–Kier alpha value is -1.95. The molecule has 0 bridgehead atoms.